The average Bonchev–Trinajstić information content (AvgIpc) is 2.74. The molecule has 0 saturated carbocycles. The Bertz CT molecular complexity index is 1070. The predicted molar refractivity (Wildman–Crippen MR) is 113 cm³/mol. The van der Waals surface area contributed by atoms with Gasteiger partial charge in [-0.25, -0.2) is 4.39 Å². The Kier molecular flexibility index (Phi) is 5.48. The van der Waals surface area contributed by atoms with Gasteiger partial charge in [-0.05, 0) is 48.4 Å². The third-order valence-corrected chi connectivity index (χ3v) is 4.91. The van der Waals surface area contributed by atoms with Crippen molar-refractivity contribution >= 4 is 23.2 Å². The highest BCUT2D eigenvalue weighted by atomic mass is 19.1. The van der Waals surface area contributed by atoms with Crippen molar-refractivity contribution < 1.29 is 18.7 Å². The molecule has 0 radical (unpaired) electrons. The number of benzene rings is 3. The maximum atomic E-state index is 13.2. The number of rotatable bonds is 5. The van der Waals surface area contributed by atoms with E-state index in [-0.39, 0.29) is 30.6 Å². The number of hydrogen-bond donors (Lipinski definition) is 1. The maximum Gasteiger partial charge on any atom is 0.268 e. The second-order valence-corrected chi connectivity index (χ2v) is 7.20. The molecule has 0 fully saturated rings. The van der Waals surface area contributed by atoms with Crippen LogP contribution in [-0.2, 0) is 22.6 Å². The molecule has 152 valence electrons. The van der Waals surface area contributed by atoms with Gasteiger partial charge in [-0.1, -0.05) is 42.5 Å². The summed E-state index contributed by atoms with van der Waals surface area (Å²) in [5.74, 6) is -0.114. The fourth-order valence-corrected chi connectivity index (χ4v) is 3.41. The summed E-state index contributed by atoms with van der Waals surface area (Å²) < 4.78 is 19.0. The molecule has 0 aromatic heterocycles. The van der Waals surface area contributed by atoms with Gasteiger partial charge in [-0.3, -0.25) is 9.59 Å². The minimum absolute atomic E-state index is 0.150. The van der Waals surface area contributed by atoms with E-state index in [9.17, 15) is 14.0 Å². The molecule has 0 aliphatic carbocycles. The third-order valence-electron chi connectivity index (χ3n) is 4.91. The van der Waals surface area contributed by atoms with E-state index in [4.69, 9.17) is 4.74 Å². The molecular weight excluding hydrogens is 383 g/mol. The molecule has 0 bridgehead atoms. The summed E-state index contributed by atoms with van der Waals surface area (Å²) in [5, 5.41) is 2.88. The maximum absolute atomic E-state index is 13.2. The van der Waals surface area contributed by atoms with E-state index in [1.165, 1.54) is 12.1 Å². The number of nitrogens with one attached hydrogen (secondary N) is 1. The molecule has 30 heavy (non-hydrogen) atoms. The lowest BCUT2D eigenvalue weighted by Crippen LogP contribution is -2.44. The number of anilines is 2. The molecule has 5 nitrogen and oxygen atoms in total. The van der Waals surface area contributed by atoms with Gasteiger partial charge in [0, 0.05) is 5.69 Å². The van der Waals surface area contributed by atoms with Crippen LogP contribution < -0.4 is 15.0 Å². The van der Waals surface area contributed by atoms with Crippen LogP contribution in [0, 0.1) is 5.82 Å². The third kappa shape index (κ3) is 4.33. The highest BCUT2D eigenvalue weighted by molar-refractivity contribution is 6.01. The lowest BCUT2D eigenvalue weighted by molar-refractivity contribution is -0.125. The predicted octanol–water partition coefficient (Wildman–Crippen LogP) is 4.32. The summed E-state index contributed by atoms with van der Waals surface area (Å²) in [4.78, 5) is 26.8. The Hall–Kier alpha value is -3.67. The van der Waals surface area contributed by atoms with Crippen molar-refractivity contribution in [2.24, 2.45) is 0 Å². The highest BCUT2D eigenvalue weighted by Crippen LogP contribution is 2.37. The molecule has 2 amide bonds. The van der Waals surface area contributed by atoms with E-state index in [1.807, 2.05) is 30.3 Å². The topological polar surface area (TPSA) is 58.6 Å². The van der Waals surface area contributed by atoms with Crippen LogP contribution in [0.2, 0.25) is 0 Å². The van der Waals surface area contributed by atoms with Gasteiger partial charge < -0.3 is 15.0 Å². The van der Waals surface area contributed by atoms with Crippen LogP contribution in [0.3, 0.4) is 0 Å². The highest BCUT2D eigenvalue weighted by Gasteiger charge is 2.31. The largest absolute Gasteiger partial charge is 0.479 e. The lowest BCUT2D eigenvalue weighted by atomic mass is 10.1. The Morgan fingerprint density at radius 3 is 2.50 bits per heavy atom. The first-order chi connectivity index (χ1) is 14.5. The first-order valence-corrected chi connectivity index (χ1v) is 9.70. The minimum atomic E-state index is -0.628. The number of ether oxygens (including phenoxy) is 1. The zero-order valence-corrected chi connectivity index (χ0v) is 16.5. The molecule has 0 spiro atoms. The standard InChI is InChI=1S/C24H21FN2O3/c1-16-24(29)27(15-18-7-9-19(25)10-8-18)21-14-20(11-12-22(21)30-16)26-23(28)13-17-5-3-2-4-6-17/h2-12,14,16H,13,15H2,1H3,(H,26,28). The molecule has 1 aliphatic heterocycles. The van der Waals surface area contributed by atoms with Crippen LogP contribution in [0.4, 0.5) is 15.8 Å². The Labute approximate surface area is 174 Å². The molecule has 4 rings (SSSR count). The van der Waals surface area contributed by atoms with Crippen molar-refractivity contribution in [3.8, 4) is 5.75 Å². The summed E-state index contributed by atoms with van der Waals surface area (Å²) >= 11 is 0. The molecule has 1 unspecified atom stereocenters. The van der Waals surface area contributed by atoms with Gasteiger partial charge in [0.15, 0.2) is 6.10 Å². The molecule has 1 atom stereocenters. The number of hydrogen-bond acceptors (Lipinski definition) is 3. The Morgan fingerprint density at radius 1 is 1.03 bits per heavy atom. The van der Waals surface area contributed by atoms with Crippen molar-refractivity contribution in [3.05, 3.63) is 89.7 Å². The normalized spacial score (nSPS) is 15.3. The number of amides is 2. The minimum Gasteiger partial charge on any atom is -0.479 e. The van der Waals surface area contributed by atoms with Crippen molar-refractivity contribution in [1.82, 2.24) is 0 Å². The van der Waals surface area contributed by atoms with E-state index in [0.29, 0.717) is 17.1 Å². The van der Waals surface area contributed by atoms with E-state index >= 15 is 0 Å². The van der Waals surface area contributed by atoms with Crippen LogP contribution in [0.25, 0.3) is 0 Å². The van der Waals surface area contributed by atoms with Crippen molar-refractivity contribution in [1.29, 1.82) is 0 Å². The number of nitrogens with zero attached hydrogens (tertiary/aromatic N) is 1. The smallest absolute Gasteiger partial charge is 0.268 e. The van der Waals surface area contributed by atoms with Crippen LogP contribution in [0.1, 0.15) is 18.1 Å². The SMILES string of the molecule is CC1Oc2ccc(NC(=O)Cc3ccccc3)cc2N(Cc2ccc(F)cc2)C1=O. The van der Waals surface area contributed by atoms with Crippen LogP contribution >= 0.6 is 0 Å². The summed E-state index contributed by atoms with van der Waals surface area (Å²) in [6.45, 7) is 1.97. The van der Waals surface area contributed by atoms with Gasteiger partial charge in [-0.2, -0.15) is 0 Å². The average molecular weight is 404 g/mol. The molecule has 3 aromatic carbocycles. The first-order valence-electron chi connectivity index (χ1n) is 9.70. The Morgan fingerprint density at radius 2 is 1.77 bits per heavy atom. The van der Waals surface area contributed by atoms with Crippen LogP contribution in [0.5, 0.6) is 5.75 Å². The quantitative estimate of drug-likeness (QED) is 0.689. The summed E-state index contributed by atoms with van der Waals surface area (Å²) in [6.07, 6.45) is -0.375. The second kappa shape index (κ2) is 8.37. The van der Waals surface area contributed by atoms with Gasteiger partial charge in [0.1, 0.15) is 11.6 Å². The van der Waals surface area contributed by atoms with E-state index < -0.39 is 6.10 Å². The zero-order chi connectivity index (χ0) is 21.1. The molecule has 3 aromatic rings. The molecule has 1 heterocycles. The Balaban J connectivity index is 1.56. The van der Waals surface area contributed by atoms with E-state index in [2.05, 4.69) is 5.32 Å². The monoisotopic (exact) mass is 404 g/mol. The van der Waals surface area contributed by atoms with E-state index in [0.717, 1.165) is 11.1 Å². The molecule has 6 heteroatoms. The van der Waals surface area contributed by atoms with Crippen LogP contribution in [0.15, 0.2) is 72.8 Å². The van der Waals surface area contributed by atoms with Gasteiger partial charge in [-0.15, -0.1) is 0 Å². The number of carbonyl (C=O) groups is 2. The number of halogens is 1. The molecular formula is C24H21FN2O3. The summed E-state index contributed by atoms with van der Waals surface area (Å²) in [5.41, 5.74) is 2.85. The molecule has 1 N–H and O–H groups in total. The molecule has 0 saturated heterocycles. The summed E-state index contributed by atoms with van der Waals surface area (Å²) in [6, 6.07) is 20.7. The van der Waals surface area contributed by atoms with Crippen molar-refractivity contribution in [3.63, 3.8) is 0 Å². The van der Waals surface area contributed by atoms with Gasteiger partial charge in [0.2, 0.25) is 5.91 Å². The molecule has 1 aliphatic rings. The van der Waals surface area contributed by atoms with Crippen molar-refractivity contribution in [2.75, 3.05) is 10.2 Å². The fraction of sp³-hybridized carbons (Fsp3) is 0.167. The lowest BCUT2D eigenvalue weighted by Gasteiger charge is -2.33. The van der Waals surface area contributed by atoms with E-state index in [1.54, 1.807) is 42.2 Å². The summed E-state index contributed by atoms with van der Waals surface area (Å²) in [7, 11) is 0. The van der Waals surface area contributed by atoms with Gasteiger partial charge >= 0.3 is 0 Å². The second-order valence-electron chi connectivity index (χ2n) is 7.20. The van der Waals surface area contributed by atoms with Crippen LogP contribution in [-0.4, -0.2) is 17.9 Å². The van der Waals surface area contributed by atoms with Gasteiger partial charge in [0.05, 0.1) is 18.7 Å². The first kappa shape index (κ1) is 19.6. The fourth-order valence-electron chi connectivity index (χ4n) is 3.41. The number of fused-ring (bicyclic) bond motifs is 1. The zero-order valence-electron chi connectivity index (χ0n) is 16.5. The van der Waals surface area contributed by atoms with Crippen molar-refractivity contribution in [2.45, 2.75) is 26.0 Å². The number of carbonyl (C=O) groups excluding carboxylic acids is 2. The van der Waals surface area contributed by atoms with Gasteiger partial charge in [0.25, 0.3) is 5.91 Å².